The molecule has 13 heteroatoms. The van der Waals surface area contributed by atoms with E-state index < -0.39 is 73.2 Å². The van der Waals surface area contributed by atoms with Gasteiger partial charge in [0.2, 0.25) is 6.29 Å². The third-order valence-electron chi connectivity index (χ3n) is 9.39. The summed E-state index contributed by atoms with van der Waals surface area (Å²) < 4.78 is 62.5. The summed E-state index contributed by atoms with van der Waals surface area (Å²) >= 11 is 0. The van der Waals surface area contributed by atoms with E-state index in [-0.39, 0.29) is 39.6 Å². The van der Waals surface area contributed by atoms with Crippen molar-refractivity contribution in [3.8, 4) is 0 Å². The number of rotatable bonds is 19. The fraction of sp³-hybridized carbons (Fsp3) is 0.400. The summed E-state index contributed by atoms with van der Waals surface area (Å²) in [6.07, 6.45) is -9.88. The van der Waals surface area contributed by atoms with Crippen LogP contribution >= 0.6 is 0 Å². The van der Waals surface area contributed by atoms with Gasteiger partial charge in [-0.05, 0) is 22.3 Å². The maximum atomic E-state index is 12.9. The van der Waals surface area contributed by atoms with Crippen LogP contribution in [0.5, 0.6) is 0 Å². The monoisotopic (exact) mass is 798 g/mol. The molecule has 0 aromatic heterocycles. The number of benzene rings is 4. The lowest BCUT2D eigenvalue weighted by Gasteiger charge is -2.46. The molecule has 2 heterocycles. The van der Waals surface area contributed by atoms with Crippen molar-refractivity contribution < 1.29 is 61.8 Å². The summed E-state index contributed by atoms with van der Waals surface area (Å²) in [5, 5.41) is 0. The van der Waals surface area contributed by atoms with E-state index >= 15 is 0 Å². The molecule has 2 fully saturated rings. The van der Waals surface area contributed by atoms with Gasteiger partial charge in [0.05, 0.1) is 39.6 Å². The number of esters is 3. The van der Waals surface area contributed by atoms with Crippen LogP contribution < -0.4 is 0 Å². The van der Waals surface area contributed by atoms with E-state index in [1.165, 1.54) is 20.8 Å². The first-order valence-corrected chi connectivity index (χ1v) is 19.3. The molecule has 308 valence electrons. The summed E-state index contributed by atoms with van der Waals surface area (Å²) in [4.78, 5) is 37.7. The highest BCUT2D eigenvalue weighted by molar-refractivity contribution is 5.67. The average molecular weight is 799 g/mol. The molecule has 6 rings (SSSR count). The molecular formula is C45H50O13. The van der Waals surface area contributed by atoms with Crippen molar-refractivity contribution in [2.24, 2.45) is 0 Å². The maximum Gasteiger partial charge on any atom is 0.305 e. The predicted octanol–water partition coefficient (Wildman–Crippen LogP) is 5.85. The van der Waals surface area contributed by atoms with E-state index in [9.17, 15) is 14.4 Å². The molecule has 2 saturated heterocycles. The smallest absolute Gasteiger partial charge is 0.305 e. The third kappa shape index (κ3) is 12.5. The van der Waals surface area contributed by atoms with E-state index in [0.29, 0.717) is 0 Å². The molecule has 0 radical (unpaired) electrons. The second kappa shape index (κ2) is 21.7. The minimum absolute atomic E-state index is 0.00557. The van der Waals surface area contributed by atoms with E-state index in [1.54, 1.807) is 0 Å². The van der Waals surface area contributed by atoms with Crippen LogP contribution in [-0.4, -0.2) is 86.4 Å². The van der Waals surface area contributed by atoms with E-state index in [1.807, 2.05) is 121 Å². The van der Waals surface area contributed by atoms with Crippen molar-refractivity contribution in [3.63, 3.8) is 0 Å². The van der Waals surface area contributed by atoms with Gasteiger partial charge in [-0.2, -0.15) is 0 Å². The van der Waals surface area contributed by atoms with Crippen molar-refractivity contribution in [3.05, 3.63) is 144 Å². The molecule has 0 N–H and O–H groups in total. The molecule has 4 aromatic carbocycles. The second-order valence-corrected chi connectivity index (χ2v) is 14.0. The summed E-state index contributed by atoms with van der Waals surface area (Å²) in [5.41, 5.74) is 3.58. The Morgan fingerprint density at radius 3 is 1.26 bits per heavy atom. The van der Waals surface area contributed by atoms with Crippen LogP contribution in [0.1, 0.15) is 43.0 Å². The van der Waals surface area contributed by atoms with Crippen LogP contribution in [0, 0.1) is 0 Å². The summed E-state index contributed by atoms with van der Waals surface area (Å²) in [7, 11) is 0. The summed E-state index contributed by atoms with van der Waals surface area (Å²) in [5.74, 6) is -1.90. The molecule has 2 aliphatic rings. The van der Waals surface area contributed by atoms with Crippen LogP contribution in [0.3, 0.4) is 0 Å². The molecule has 9 atom stereocenters. The molecule has 0 spiro atoms. The molecule has 2 aliphatic heterocycles. The molecule has 1 unspecified atom stereocenters. The Morgan fingerprint density at radius 1 is 0.431 bits per heavy atom. The minimum Gasteiger partial charge on any atom is -0.457 e. The number of carbonyl (C=O) groups is 3. The summed E-state index contributed by atoms with van der Waals surface area (Å²) in [6, 6.07) is 38.2. The maximum absolute atomic E-state index is 12.9. The van der Waals surface area contributed by atoms with Gasteiger partial charge in [-0.15, -0.1) is 0 Å². The summed E-state index contributed by atoms with van der Waals surface area (Å²) in [6.45, 7) is 4.47. The minimum atomic E-state index is -1.33. The fourth-order valence-electron chi connectivity index (χ4n) is 6.81. The molecule has 4 aromatic rings. The second-order valence-electron chi connectivity index (χ2n) is 14.0. The standard InChI is InChI=1S/C45H50O13/c1-30(46)53-41-39(51-26-35-20-12-6-13-21-35)37(28-49-24-33-16-8-4-9-17-33)56-44(42(41)52-27-36-22-14-7-15-23-36)58-40-38(29-50-25-34-18-10-5-11-19-34)57-45(55-32(3)48)43(40)54-31(2)47/h4-23,37-45H,24-29H2,1-3H3/t37-,38-,39-,40-,41+,42-,43-,44-,45?/m1/s1. The van der Waals surface area contributed by atoms with E-state index in [0.717, 1.165) is 22.3 Å². The lowest BCUT2D eigenvalue weighted by Crippen LogP contribution is -2.63. The molecule has 58 heavy (non-hydrogen) atoms. The van der Waals surface area contributed by atoms with E-state index in [4.69, 9.17) is 47.4 Å². The first-order chi connectivity index (χ1) is 28.2. The van der Waals surface area contributed by atoms with Gasteiger partial charge in [0.15, 0.2) is 18.5 Å². The molecule has 0 bridgehead atoms. The zero-order valence-electron chi connectivity index (χ0n) is 32.8. The Kier molecular flexibility index (Phi) is 15.9. The first kappa shape index (κ1) is 42.6. The van der Waals surface area contributed by atoms with Crippen LogP contribution in [-0.2, 0) is 88.2 Å². The Balaban J connectivity index is 1.34. The Morgan fingerprint density at radius 2 is 0.810 bits per heavy atom. The lowest BCUT2D eigenvalue weighted by molar-refractivity contribution is -0.336. The van der Waals surface area contributed by atoms with Crippen molar-refractivity contribution in [1.29, 1.82) is 0 Å². The van der Waals surface area contributed by atoms with Gasteiger partial charge < -0.3 is 47.4 Å². The Bertz CT molecular complexity index is 1850. The third-order valence-corrected chi connectivity index (χ3v) is 9.39. The molecule has 0 amide bonds. The van der Waals surface area contributed by atoms with Gasteiger partial charge in [0.25, 0.3) is 0 Å². The fourth-order valence-corrected chi connectivity index (χ4v) is 6.81. The van der Waals surface area contributed by atoms with Crippen molar-refractivity contribution in [2.45, 2.75) is 103 Å². The SMILES string of the molecule is CC(=O)OC1O[C@H](COCc2ccccc2)[C@@H](O[C@H]2O[C@H](COCc3ccccc3)[C@@H](OCc3ccccc3)[C@H](OC(C)=O)[C@H]2OCc2ccccc2)[C@H]1OC(C)=O. The van der Waals surface area contributed by atoms with Crippen molar-refractivity contribution in [2.75, 3.05) is 13.2 Å². The van der Waals surface area contributed by atoms with Gasteiger partial charge >= 0.3 is 17.9 Å². The topological polar surface area (TPSA) is 144 Å². The van der Waals surface area contributed by atoms with Gasteiger partial charge in [-0.1, -0.05) is 121 Å². The van der Waals surface area contributed by atoms with Gasteiger partial charge in [0.1, 0.15) is 30.5 Å². The quantitative estimate of drug-likeness (QED) is 0.0828. The number of ether oxygens (including phenoxy) is 10. The molecule has 0 aliphatic carbocycles. The molecular weight excluding hydrogens is 748 g/mol. The van der Waals surface area contributed by atoms with E-state index in [2.05, 4.69) is 0 Å². The van der Waals surface area contributed by atoms with Gasteiger partial charge in [-0.3, -0.25) is 14.4 Å². The predicted molar refractivity (Wildman–Crippen MR) is 207 cm³/mol. The van der Waals surface area contributed by atoms with Gasteiger partial charge in [0, 0.05) is 20.8 Å². The zero-order chi connectivity index (χ0) is 40.7. The number of hydrogen-bond donors (Lipinski definition) is 0. The number of hydrogen-bond acceptors (Lipinski definition) is 13. The highest BCUT2D eigenvalue weighted by Crippen LogP contribution is 2.36. The lowest BCUT2D eigenvalue weighted by atomic mass is 9.97. The Hall–Kier alpha value is -4.99. The van der Waals surface area contributed by atoms with Crippen LogP contribution in [0.15, 0.2) is 121 Å². The average Bonchev–Trinajstić information content (AvgIpc) is 3.51. The molecule has 0 saturated carbocycles. The normalized spacial score (nSPS) is 25.5. The highest BCUT2D eigenvalue weighted by atomic mass is 16.8. The molecule has 13 nitrogen and oxygen atoms in total. The first-order valence-electron chi connectivity index (χ1n) is 19.3. The van der Waals surface area contributed by atoms with Crippen molar-refractivity contribution in [1.82, 2.24) is 0 Å². The van der Waals surface area contributed by atoms with Gasteiger partial charge in [-0.25, -0.2) is 0 Å². The largest absolute Gasteiger partial charge is 0.457 e. The van der Waals surface area contributed by atoms with Crippen molar-refractivity contribution >= 4 is 17.9 Å². The Labute approximate surface area is 338 Å². The van der Waals surface area contributed by atoms with Crippen LogP contribution in [0.25, 0.3) is 0 Å². The highest BCUT2D eigenvalue weighted by Gasteiger charge is 2.56. The van der Waals surface area contributed by atoms with Crippen LogP contribution in [0.4, 0.5) is 0 Å². The number of carbonyl (C=O) groups excluding carboxylic acids is 3. The zero-order valence-corrected chi connectivity index (χ0v) is 32.8. The van der Waals surface area contributed by atoms with Crippen LogP contribution in [0.2, 0.25) is 0 Å².